The van der Waals surface area contributed by atoms with Crippen molar-refractivity contribution in [1.29, 1.82) is 0 Å². The van der Waals surface area contributed by atoms with Crippen molar-refractivity contribution in [3.05, 3.63) is 0 Å². The normalized spacial score (nSPS) is 4.00. The van der Waals surface area contributed by atoms with Crippen LogP contribution in [0.3, 0.4) is 0 Å². The average molecular weight is 241 g/mol. The second-order valence-electron chi connectivity index (χ2n) is 0.283. The van der Waals surface area contributed by atoms with Crippen LogP contribution < -0.4 is 0 Å². The summed E-state index contributed by atoms with van der Waals surface area (Å²) in [6.07, 6.45) is 0. The number of rotatable bonds is 0. The van der Waals surface area contributed by atoms with Crippen molar-refractivity contribution in [3.8, 4) is 0 Å². The van der Waals surface area contributed by atoms with Crippen molar-refractivity contribution >= 4 is 70.8 Å². The molecule has 0 aromatic rings. The molecule has 0 rings (SSSR count). The van der Waals surface area contributed by atoms with Gasteiger partial charge in [-0.3, -0.25) is 4.46 Å². The first-order chi connectivity index (χ1) is 1.73. The second kappa shape index (κ2) is 9.84. The molecule has 0 amide bonds. The molecule has 0 atom stereocenters. The molecule has 0 aliphatic heterocycles. The van der Waals surface area contributed by atoms with Crippen LogP contribution in [0.1, 0.15) is 0 Å². The number of hydrogen-bond donors (Lipinski definition) is 2. The van der Waals surface area contributed by atoms with E-state index in [4.69, 9.17) is 14.1 Å². The topological polar surface area (TPSA) is 57.5 Å². The van der Waals surface area contributed by atoms with E-state index in [1.54, 1.807) is 0 Å². The van der Waals surface area contributed by atoms with Gasteiger partial charge in [0.2, 0.25) is 0 Å². The zero-order valence-electron chi connectivity index (χ0n) is 2.51. The van der Waals surface area contributed by atoms with Gasteiger partial charge in [0, 0.05) is 0 Å². The molecule has 0 aromatic heterocycles. The molecule has 0 fully saturated rings. The van der Waals surface area contributed by atoms with E-state index in [-0.39, 0.29) is 61.6 Å². The van der Waals surface area contributed by atoms with E-state index in [2.05, 4.69) is 0 Å². The van der Waals surface area contributed by atoms with Gasteiger partial charge in [0.15, 0.2) is 0 Å². The summed E-state index contributed by atoms with van der Waals surface area (Å²) in [6, 6.07) is 0. The molecule has 0 unspecified atom stereocenters. The molecule has 0 aliphatic carbocycles. The first-order valence-electron chi connectivity index (χ1n) is 0.651. The van der Waals surface area contributed by atoms with Crippen molar-refractivity contribution in [1.82, 2.24) is 0 Å². The van der Waals surface area contributed by atoms with Crippen molar-refractivity contribution in [3.63, 3.8) is 0 Å². The van der Waals surface area contributed by atoms with Gasteiger partial charge in [-0.05, 0) is 0 Å². The molecule has 6 heavy (non-hydrogen) atoms. The van der Waals surface area contributed by atoms with Crippen LogP contribution in [0.15, 0.2) is 0 Å². The summed E-state index contributed by atoms with van der Waals surface area (Å²) in [7, 11) is -3.13. The second-order valence-corrected chi connectivity index (χ2v) is 0.848. The summed E-state index contributed by atoms with van der Waals surface area (Å²) >= 11 is 0. The molecule has 2 radical (unpaired) electrons. The van der Waals surface area contributed by atoms with Crippen molar-refractivity contribution in [2.75, 3.05) is 0 Å². The van der Waals surface area contributed by atoms with Gasteiger partial charge in [-0.25, -0.2) is 0 Å². The zero-order valence-corrected chi connectivity index (χ0v) is 7.55. The Morgan fingerprint density at radius 1 is 1.33 bits per heavy atom. The van der Waals surface area contributed by atoms with Gasteiger partial charge in [0.25, 0.3) is 0 Å². The average Bonchev–Trinajstić information content (AvgIpc) is 0.811. The van der Waals surface area contributed by atoms with Gasteiger partial charge in [0.1, 0.15) is 0 Å². The molecular weight excluding hydrogens is 235 g/mol. The van der Waals surface area contributed by atoms with E-state index in [9.17, 15) is 0 Å². The molecule has 6 heteroatoms. The Labute approximate surface area is 83.6 Å². The predicted octanol–water partition coefficient (Wildman–Crippen LogP) is -3.45. The maximum atomic E-state index is 8.74. The molecule has 3 nitrogen and oxygen atoms in total. The van der Waals surface area contributed by atoms with Gasteiger partial charge < -0.3 is 9.59 Å². The molecule has 34 valence electrons. The van der Waals surface area contributed by atoms with Crippen molar-refractivity contribution in [2.24, 2.45) is 0 Å². The summed E-state index contributed by atoms with van der Waals surface area (Å²) in [5, 5.41) is 0. The van der Waals surface area contributed by atoms with Gasteiger partial charge in [-0.2, -0.15) is 0 Å². The van der Waals surface area contributed by atoms with Crippen LogP contribution >= 0.6 is 0 Å². The zero-order chi connectivity index (χ0) is 3.58. The molecular formula is H6CaO3SiSn. The fourth-order valence-electron chi connectivity index (χ4n) is 0. The summed E-state index contributed by atoms with van der Waals surface area (Å²) in [5.74, 6) is 0. The van der Waals surface area contributed by atoms with Gasteiger partial charge in [0.05, 0.1) is 0 Å². The minimum atomic E-state index is -3.13. The summed E-state index contributed by atoms with van der Waals surface area (Å²) in [4.78, 5) is 14.3. The third kappa shape index (κ3) is 44.2. The first kappa shape index (κ1) is 15.6. The third-order valence-electron chi connectivity index (χ3n) is 0. The van der Waals surface area contributed by atoms with E-state index in [1.165, 1.54) is 0 Å². The van der Waals surface area contributed by atoms with E-state index >= 15 is 0 Å². The van der Waals surface area contributed by atoms with Crippen LogP contribution in [0, 0.1) is 0 Å². The molecule has 0 spiro atoms. The Balaban J connectivity index is -0.0000000450. The quantitative estimate of drug-likeness (QED) is 0.434. The van der Waals surface area contributed by atoms with Crippen LogP contribution in [0.2, 0.25) is 0 Å². The fourth-order valence-corrected chi connectivity index (χ4v) is 0. The SMILES string of the molecule is O=[Si](O)O.[CaH2].[SnH2]. The Bertz CT molecular complexity index is 33.8. The van der Waals surface area contributed by atoms with Crippen LogP contribution in [-0.2, 0) is 4.46 Å². The molecule has 0 saturated carbocycles. The van der Waals surface area contributed by atoms with Gasteiger partial charge in [-0.15, -0.1) is 0 Å². The molecule has 2 N–H and O–H groups in total. The summed E-state index contributed by atoms with van der Waals surface area (Å²) in [6.45, 7) is 0. The van der Waals surface area contributed by atoms with Crippen molar-refractivity contribution < 1.29 is 14.1 Å². The van der Waals surface area contributed by atoms with E-state index in [0.29, 0.717) is 0 Å². The summed E-state index contributed by atoms with van der Waals surface area (Å²) in [5.41, 5.74) is 0. The van der Waals surface area contributed by atoms with Gasteiger partial charge >= 0.3 is 70.8 Å². The monoisotopic (exact) mass is 242 g/mol. The Hall–Kier alpha value is 1.68. The third-order valence-corrected chi connectivity index (χ3v) is 0. The molecule has 0 aromatic carbocycles. The fraction of sp³-hybridized carbons (Fsp3) is 0. The minimum absolute atomic E-state index is 0. The molecule has 0 saturated heterocycles. The first-order valence-corrected chi connectivity index (χ1v) is 1.95. The molecule has 0 heterocycles. The van der Waals surface area contributed by atoms with E-state index < -0.39 is 9.17 Å². The Morgan fingerprint density at radius 2 is 1.33 bits per heavy atom. The van der Waals surface area contributed by atoms with Crippen LogP contribution in [0.25, 0.3) is 0 Å². The van der Waals surface area contributed by atoms with Crippen LogP contribution in [0.5, 0.6) is 0 Å². The van der Waals surface area contributed by atoms with Crippen LogP contribution in [-0.4, -0.2) is 80.4 Å². The standard InChI is InChI=1S/Ca.H2O3Si.Sn.4H/c;1-4(2)3;;;;;/h;1-2H;;;;;. The maximum absolute atomic E-state index is 8.74. The summed E-state index contributed by atoms with van der Waals surface area (Å²) < 4.78 is 8.74. The molecule has 0 bridgehead atoms. The molecule has 0 aliphatic rings. The van der Waals surface area contributed by atoms with Crippen molar-refractivity contribution in [2.45, 2.75) is 0 Å². The van der Waals surface area contributed by atoms with E-state index in [0.717, 1.165) is 0 Å². The predicted molar refractivity (Wildman–Crippen MR) is 28.0 cm³/mol. The Kier molecular flexibility index (Phi) is 25.7. The van der Waals surface area contributed by atoms with Crippen LogP contribution in [0.4, 0.5) is 0 Å². The van der Waals surface area contributed by atoms with Gasteiger partial charge in [-0.1, -0.05) is 0 Å². The number of hydrogen-bond acceptors (Lipinski definition) is 1. The van der Waals surface area contributed by atoms with E-state index in [1.807, 2.05) is 0 Å². The Morgan fingerprint density at radius 3 is 1.33 bits per heavy atom.